The van der Waals surface area contributed by atoms with Crippen LogP contribution in [0.15, 0.2) is 18.4 Å². The second-order valence-corrected chi connectivity index (χ2v) is 6.92. The van der Waals surface area contributed by atoms with E-state index in [9.17, 15) is 10.0 Å². The van der Waals surface area contributed by atoms with Crippen molar-refractivity contribution in [2.75, 3.05) is 0 Å². The van der Waals surface area contributed by atoms with Gasteiger partial charge in [-0.1, -0.05) is 12.1 Å². The normalized spacial score (nSPS) is 24.7. The second-order valence-electron chi connectivity index (χ2n) is 6.92. The molecule has 1 amide bonds. The molecule has 0 bridgehead atoms. The maximum absolute atomic E-state index is 11.9. The molecule has 0 spiro atoms. The van der Waals surface area contributed by atoms with Crippen molar-refractivity contribution in [2.24, 2.45) is 5.92 Å². The van der Waals surface area contributed by atoms with Crippen LogP contribution in [0.5, 0.6) is 5.75 Å². The number of rotatable bonds is 3. The minimum Gasteiger partial charge on any atom is -0.557 e. The van der Waals surface area contributed by atoms with Crippen LogP contribution >= 0.6 is 0 Å². The molecule has 1 radical (unpaired) electrons. The van der Waals surface area contributed by atoms with Gasteiger partial charge in [0.1, 0.15) is 5.75 Å². The third-order valence-electron chi connectivity index (χ3n) is 5.24. The van der Waals surface area contributed by atoms with Crippen LogP contribution in [0.4, 0.5) is 0 Å². The number of hydrogen-bond donors (Lipinski definition) is 2. The lowest BCUT2D eigenvalue weighted by Crippen LogP contribution is -2.44. The molecule has 2 fully saturated rings. The van der Waals surface area contributed by atoms with E-state index in [4.69, 9.17) is 4.65 Å². The van der Waals surface area contributed by atoms with Gasteiger partial charge in [-0.05, 0) is 37.2 Å². The van der Waals surface area contributed by atoms with Gasteiger partial charge in [0.05, 0.1) is 6.20 Å². The van der Waals surface area contributed by atoms with E-state index in [2.05, 4.69) is 10.3 Å². The lowest BCUT2D eigenvalue weighted by atomic mass is 9.75. The van der Waals surface area contributed by atoms with Gasteiger partial charge in [-0.25, -0.2) is 4.98 Å². The fourth-order valence-electron chi connectivity index (χ4n) is 3.68. The first-order valence-electron chi connectivity index (χ1n) is 8.41. The molecule has 2 aliphatic carbocycles. The molecule has 2 saturated carbocycles. The van der Waals surface area contributed by atoms with E-state index < -0.39 is 0 Å². The van der Waals surface area contributed by atoms with Gasteiger partial charge in [0.2, 0.25) is 5.91 Å². The molecule has 0 unspecified atom stereocenters. The van der Waals surface area contributed by atoms with E-state index in [1.54, 1.807) is 19.9 Å². The molecule has 24 heavy (non-hydrogen) atoms. The zero-order chi connectivity index (χ0) is 16.3. The number of amides is 1. The Balaban J connectivity index is 1.43. The molecular weight excluding hydrogens is 305 g/mol. The Kier molecular flexibility index (Phi) is 2.92. The van der Waals surface area contributed by atoms with Crippen LogP contribution in [-0.4, -0.2) is 34.4 Å². The minimum absolute atomic E-state index is 0.203. The Morgan fingerprint density at radius 2 is 2.25 bits per heavy atom. The third-order valence-corrected chi connectivity index (χ3v) is 5.24. The van der Waals surface area contributed by atoms with Crippen molar-refractivity contribution in [2.45, 2.75) is 37.6 Å². The molecule has 6 nitrogen and oxygen atoms in total. The van der Waals surface area contributed by atoms with Crippen molar-refractivity contribution in [1.29, 1.82) is 0 Å². The molecular formula is C17H17BN3O3. The van der Waals surface area contributed by atoms with Crippen LogP contribution in [-0.2, 0) is 4.79 Å². The molecule has 1 aliphatic heterocycles. The van der Waals surface area contributed by atoms with Gasteiger partial charge >= 0.3 is 7.48 Å². The summed E-state index contributed by atoms with van der Waals surface area (Å²) in [6, 6.07) is 0.243. The Hall–Kier alpha value is -2.44. The summed E-state index contributed by atoms with van der Waals surface area (Å²) < 4.78 is 6.60. The number of aromatic nitrogens is 2. The number of carbonyl (C=O) groups excluding carboxylic acids is 1. The largest absolute Gasteiger partial charge is 0.557 e. The highest BCUT2D eigenvalue weighted by Crippen LogP contribution is 2.43. The van der Waals surface area contributed by atoms with Crippen molar-refractivity contribution >= 4 is 30.5 Å². The fourth-order valence-corrected chi connectivity index (χ4v) is 3.68. The Morgan fingerprint density at radius 3 is 3.04 bits per heavy atom. The number of carbonyl (C=O) groups is 1. The zero-order valence-electron chi connectivity index (χ0n) is 13.1. The Labute approximate surface area is 139 Å². The minimum atomic E-state index is 0.203. The number of hydrogen-bond acceptors (Lipinski definition) is 4. The van der Waals surface area contributed by atoms with Crippen molar-refractivity contribution in [1.82, 2.24) is 15.0 Å². The van der Waals surface area contributed by atoms with Crippen LogP contribution in [0.25, 0.3) is 17.1 Å². The van der Waals surface area contributed by atoms with E-state index in [1.807, 2.05) is 12.1 Å². The predicted molar refractivity (Wildman–Crippen MR) is 89.0 cm³/mol. The summed E-state index contributed by atoms with van der Waals surface area (Å²) in [6.07, 6.45) is 9.22. The summed E-state index contributed by atoms with van der Waals surface area (Å²) in [6.45, 7) is 0. The number of nitrogens with one attached hydrogen (secondary N) is 1. The van der Waals surface area contributed by atoms with Gasteiger partial charge < -0.3 is 15.2 Å². The van der Waals surface area contributed by atoms with E-state index in [1.165, 1.54) is 0 Å². The third kappa shape index (κ3) is 2.11. The van der Waals surface area contributed by atoms with Crippen molar-refractivity contribution in [3.05, 3.63) is 29.5 Å². The zero-order valence-corrected chi connectivity index (χ0v) is 13.1. The molecule has 2 N–H and O–H groups in total. The summed E-state index contributed by atoms with van der Waals surface area (Å²) in [5.41, 5.74) is 2.57. The molecule has 0 atom stereocenters. The molecule has 0 saturated heterocycles. The van der Waals surface area contributed by atoms with E-state index in [0.717, 1.165) is 46.9 Å². The van der Waals surface area contributed by atoms with Crippen LogP contribution < -0.4 is 9.97 Å². The van der Waals surface area contributed by atoms with Crippen LogP contribution in [0.3, 0.4) is 0 Å². The molecule has 121 valence electrons. The standard InChI is InChI=1S/C17H17BN3O3/c22-17(9-1-2-9)20-11-5-10(6-11)13-8-21(23)16-15(13)12-3-4-18-24-14(12)7-19-16/h3-4,7-11,23H,1-2,5-6H2,(H,20,22). The molecule has 2 aromatic heterocycles. The van der Waals surface area contributed by atoms with Crippen LogP contribution in [0.1, 0.15) is 42.7 Å². The number of fused-ring (bicyclic) bond motifs is 3. The predicted octanol–water partition coefficient (Wildman–Crippen LogP) is 2.03. The molecule has 3 aliphatic rings. The Bertz CT molecular complexity index is 866. The average molecular weight is 322 g/mol. The Morgan fingerprint density at radius 1 is 1.42 bits per heavy atom. The summed E-state index contributed by atoms with van der Waals surface area (Å²) in [5.74, 6) is 3.32. The SMILES string of the molecule is O=C(NC1CC(c2cn(O)c3ncc4c(c23)C=C[B]O4)C1)C1CC1. The lowest BCUT2D eigenvalue weighted by molar-refractivity contribution is -0.123. The summed E-state index contributed by atoms with van der Waals surface area (Å²) >= 11 is 0. The fraction of sp³-hybridized carbons (Fsp3) is 0.412. The van der Waals surface area contributed by atoms with Gasteiger partial charge in [0.15, 0.2) is 5.65 Å². The monoisotopic (exact) mass is 322 g/mol. The number of nitrogens with zero attached hydrogens (tertiary/aromatic N) is 2. The quantitative estimate of drug-likeness (QED) is 0.670. The second kappa shape index (κ2) is 5.03. The molecule has 3 heterocycles. The molecule has 5 rings (SSSR count). The van der Waals surface area contributed by atoms with Gasteiger partial charge in [-0.2, -0.15) is 4.73 Å². The molecule has 7 heteroatoms. The first-order chi connectivity index (χ1) is 11.7. The smallest absolute Gasteiger partial charge is 0.401 e. The van der Waals surface area contributed by atoms with Crippen LogP contribution in [0, 0.1) is 5.92 Å². The summed E-state index contributed by atoms with van der Waals surface area (Å²) in [7, 11) is 1.62. The maximum Gasteiger partial charge on any atom is 0.401 e. The summed E-state index contributed by atoms with van der Waals surface area (Å²) in [5, 5.41) is 14.2. The van der Waals surface area contributed by atoms with Crippen molar-refractivity contribution < 1.29 is 14.7 Å². The van der Waals surface area contributed by atoms with Gasteiger partial charge in [0.25, 0.3) is 0 Å². The van der Waals surface area contributed by atoms with Crippen LogP contribution in [0.2, 0.25) is 0 Å². The number of pyridine rings is 1. The van der Waals surface area contributed by atoms with Crippen molar-refractivity contribution in [3.8, 4) is 5.75 Å². The van der Waals surface area contributed by atoms with E-state index >= 15 is 0 Å². The highest BCUT2D eigenvalue weighted by atomic mass is 16.5. The lowest BCUT2D eigenvalue weighted by Gasteiger charge is -2.36. The highest BCUT2D eigenvalue weighted by Gasteiger charge is 2.37. The first-order valence-corrected chi connectivity index (χ1v) is 8.41. The van der Waals surface area contributed by atoms with Gasteiger partial charge in [-0.15, -0.1) is 0 Å². The molecule has 0 aromatic carbocycles. The topological polar surface area (TPSA) is 76.4 Å². The average Bonchev–Trinajstić information content (AvgIpc) is 3.35. The van der Waals surface area contributed by atoms with E-state index in [-0.39, 0.29) is 17.9 Å². The maximum atomic E-state index is 11.9. The first kappa shape index (κ1) is 14.0. The highest BCUT2D eigenvalue weighted by molar-refractivity contribution is 6.38. The van der Waals surface area contributed by atoms with Gasteiger partial charge in [0, 0.05) is 29.1 Å². The molecule has 2 aromatic rings. The summed E-state index contributed by atoms with van der Waals surface area (Å²) in [4.78, 5) is 16.2. The van der Waals surface area contributed by atoms with Gasteiger partial charge in [-0.3, -0.25) is 4.79 Å². The van der Waals surface area contributed by atoms with E-state index in [0.29, 0.717) is 17.3 Å². The van der Waals surface area contributed by atoms with Crippen molar-refractivity contribution in [3.63, 3.8) is 0 Å².